The van der Waals surface area contributed by atoms with Crippen LogP contribution in [0.25, 0.3) is 0 Å². The first-order valence-electron chi connectivity index (χ1n) is 9.90. The van der Waals surface area contributed by atoms with Crippen molar-refractivity contribution in [1.29, 1.82) is 0 Å². The minimum Gasteiger partial charge on any atom is -0.459 e. The molecule has 0 aliphatic carbocycles. The molecule has 5 heteroatoms. The molecule has 0 saturated carbocycles. The monoisotopic (exact) mass is 395 g/mol. The van der Waals surface area contributed by atoms with E-state index in [0.29, 0.717) is 18.8 Å². The van der Waals surface area contributed by atoms with Gasteiger partial charge < -0.3 is 19.9 Å². The van der Waals surface area contributed by atoms with Gasteiger partial charge in [0.15, 0.2) is 5.76 Å². The van der Waals surface area contributed by atoms with Gasteiger partial charge in [0, 0.05) is 12.1 Å². The van der Waals surface area contributed by atoms with Crippen LogP contribution in [-0.4, -0.2) is 17.3 Å². The van der Waals surface area contributed by atoms with E-state index >= 15 is 0 Å². The van der Waals surface area contributed by atoms with Crippen molar-refractivity contribution in [3.8, 4) is 0 Å². The van der Waals surface area contributed by atoms with Crippen molar-refractivity contribution < 1.29 is 19.4 Å². The van der Waals surface area contributed by atoms with E-state index in [-0.39, 0.29) is 23.8 Å². The first-order chi connectivity index (χ1) is 13.8. The summed E-state index contributed by atoms with van der Waals surface area (Å²) in [5.41, 5.74) is 2.55. The van der Waals surface area contributed by atoms with Crippen molar-refractivity contribution in [3.05, 3.63) is 77.6 Å². The number of benzene rings is 2. The fourth-order valence-electron chi connectivity index (χ4n) is 3.17. The summed E-state index contributed by atoms with van der Waals surface area (Å²) in [7, 11) is 0. The number of amides is 1. The summed E-state index contributed by atoms with van der Waals surface area (Å²) in [6, 6.07) is 16.9. The predicted molar refractivity (Wildman–Crippen MR) is 113 cm³/mol. The highest BCUT2D eigenvalue weighted by molar-refractivity contribution is 6.02. The Labute approximate surface area is 172 Å². The van der Waals surface area contributed by atoms with Crippen molar-refractivity contribution in [2.24, 2.45) is 11.3 Å². The molecule has 0 saturated heterocycles. The van der Waals surface area contributed by atoms with Gasteiger partial charge in [0.05, 0.1) is 13.2 Å². The predicted octanol–water partition coefficient (Wildman–Crippen LogP) is 4.63. The Morgan fingerprint density at radius 3 is 2.38 bits per heavy atom. The lowest BCUT2D eigenvalue weighted by molar-refractivity contribution is -0.155. The van der Waals surface area contributed by atoms with Crippen LogP contribution in [0.3, 0.4) is 0 Å². The standard InChI is InChI=1S/C24H29NO4/c1-24(2,3)19-13-21(23(27)25-20-7-5-4-6-8-20)29-22(14-19)28-16-18-11-9-17(15-26)10-12-18/h4-13,19,22,26H,14-16H2,1-3H3,(H,25,27)/t19-,22+/m0/s1. The van der Waals surface area contributed by atoms with Crippen molar-refractivity contribution >= 4 is 11.6 Å². The molecule has 0 aromatic heterocycles. The van der Waals surface area contributed by atoms with Gasteiger partial charge in [0.25, 0.3) is 5.91 Å². The first kappa shape index (κ1) is 21.1. The number of allylic oxidation sites excluding steroid dienone is 1. The lowest BCUT2D eigenvalue weighted by Crippen LogP contribution is -2.34. The number of aliphatic hydroxyl groups excluding tert-OH is 1. The summed E-state index contributed by atoms with van der Waals surface area (Å²) < 4.78 is 11.9. The Kier molecular flexibility index (Phi) is 6.72. The molecule has 1 amide bonds. The fourth-order valence-corrected chi connectivity index (χ4v) is 3.17. The molecule has 2 atom stereocenters. The molecule has 0 spiro atoms. The zero-order valence-electron chi connectivity index (χ0n) is 17.2. The van der Waals surface area contributed by atoms with Crippen molar-refractivity contribution in [3.63, 3.8) is 0 Å². The molecule has 1 aliphatic rings. The molecule has 154 valence electrons. The number of aliphatic hydroxyl groups is 1. The third-order valence-electron chi connectivity index (χ3n) is 5.07. The van der Waals surface area contributed by atoms with E-state index in [1.54, 1.807) is 0 Å². The van der Waals surface area contributed by atoms with Gasteiger partial charge in [-0.2, -0.15) is 0 Å². The molecule has 0 radical (unpaired) electrons. The maximum Gasteiger partial charge on any atom is 0.290 e. The second kappa shape index (κ2) is 9.25. The normalized spacial score (nSPS) is 19.2. The molecule has 0 fully saturated rings. The van der Waals surface area contributed by atoms with Crippen LogP contribution in [0.5, 0.6) is 0 Å². The highest BCUT2D eigenvalue weighted by Crippen LogP contribution is 2.36. The van der Waals surface area contributed by atoms with Gasteiger partial charge >= 0.3 is 0 Å². The van der Waals surface area contributed by atoms with Gasteiger partial charge in [-0.15, -0.1) is 0 Å². The maximum absolute atomic E-state index is 12.7. The Hall–Kier alpha value is -2.63. The van der Waals surface area contributed by atoms with Crippen molar-refractivity contribution in [1.82, 2.24) is 0 Å². The zero-order valence-corrected chi connectivity index (χ0v) is 17.2. The second-order valence-corrected chi connectivity index (χ2v) is 8.39. The summed E-state index contributed by atoms with van der Waals surface area (Å²) in [4.78, 5) is 12.7. The Morgan fingerprint density at radius 1 is 1.10 bits per heavy atom. The van der Waals surface area contributed by atoms with E-state index in [4.69, 9.17) is 14.6 Å². The first-order valence-corrected chi connectivity index (χ1v) is 9.90. The van der Waals surface area contributed by atoms with E-state index < -0.39 is 6.29 Å². The number of hydrogen-bond acceptors (Lipinski definition) is 4. The van der Waals surface area contributed by atoms with Gasteiger partial charge in [0.1, 0.15) is 0 Å². The second-order valence-electron chi connectivity index (χ2n) is 8.39. The summed E-state index contributed by atoms with van der Waals surface area (Å²) in [5.74, 6) is 0.168. The minimum atomic E-state index is -0.502. The van der Waals surface area contributed by atoms with E-state index in [0.717, 1.165) is 16.8 Å². The molecule has 3 rings (SSSR count). The number of anilines is 1. The molecule has 2 N–H and O–H groups in total. The highest BCUT2D eigenvalue weighted by Gasteiger charge is 2.34. The number of nitrogens with one attached hydrogen (secondary N) is 1. The summed E-state index contributed by atoms with van der Waals surface area (Å²) >= 11 is 0. The number of ether oxygens (including phenoxy) is 2. The maximum atomic E-state index is 12.7. The molecule has 1 heterocycles. The number of carbonyl (C=O) groups excluding carboxylic acids is 1. The van der Waals surface area contributed by atoms with Crippen molar-refractivity contribution in [2.45, 2.75) is 46.7 Å². The average Bonchev–Trinajstić information content (AvgIpc) is 2.72. The van der Waals surface area contributed by atoms with Crippen LogP contribution in [0.1, 0.15) is 38.3 Å². The number of hydrogen-bond donors (Lipinski definition) is 2. The largest absolute Gasteiger partial charge is 0.459 e. The lowest BCUT2D eigenvalue weighted by atomic mass is 9.77. The molecule has 2 aromatic rings. The highest BCUT2D eigenvalue weighted by atomic mass is 16.7. The topological polar surface area (TPSA) is 67.8 Å². The SMILES string of the molecule is CC(C)(C)[C@H]1C=C(C(=O)Nc2ccccc2)O[C@@H](OCc2ccc(CO)cc2)C1. The van der Waals surface area contributed by atoms with Crippen molar-refractivity contribution in [2.75, 3.05) is 5.32 Å². The zero-order chi connectivity index (χ0) is 20.9. The summed E-state index contributed by atoms with van der Waals surface area (Å²) in [6.45, 7) is 6.84. The smallest absolute Gasteiger partial charge is 0.290 e. The van der Waals surface area contributed by atoms with Crippen LogP contribution in [0.15, 0.2) is 66.4 Å². The number of carbonyl (C=O) groups is 1. The number of rotatable bonds is 6. The van der Waals surface area contributed by atoms with Gasteiger partial charge in [-0.1, -0.05) is 63.2 Å². The molecule has 1 aliphatic heterocycles. The average molecular weight is 395 g/mol. The fraction of sp³-hybridized carbons (Fsp3) is 0.375. The Balaban J connectivity index is 1.68. The van der Waals surface area contributed by atoms with E-state index in [1.165, 1.54) is 0 Å². The van der Waals surface area contributed by atoms with Crippen LogP contribution >= 0.6 is 0 Å². The quantitative estimate of drug-likeness (QED) is 0.748. The van der Waals surface area contributed by atoms with Crippen LogP contribution < -0.4 is 5.32 Å². The molecular weight excluding hydrogens is 366 g/mol. The van der Waals surface area contributed by atoms with Crippen LogP contribution in [-0.2, 0) is 27.5 Å². The van der Waals surface area contributed by atoms with Gasteiger partial charge in [0.2, 0.25) is 6.29 Å². The van der Waals surface area contributed by atoms with Gasteiger partial charge in [-0.05, 0) is 40.7 Å². The third kappa shape index (κ3) is 5.92. The van der Waals surface area contributed by atoms with Gasteiger partial charge in [-0.3, -0.25) is 4.79 Å². The van der Waals surface area contributed by atoms with E-state index in [2.05, 4.69) is 26.1 Å². The third-order valence-corrected chi connectivity index (χ3v) is 5.07. The summed E-state index contributed by atoms with van der Waals surface area (Å²) in [5, 5.41) is 12.0. The summed E-state index contributed by atoms with van der Waals surface area (Å²) in [6.07, 6.45) is 2.09. The molecular formula is C24H29NO4. The van der Waals surface area contributed by atoms with Crippen LogP contribution in [0.4, 0.5) is 5.69 Å². The van der Waals surface area contributed by atoms with Crippen LogP contribution in [0.2, 0.25) is 0 Å². The Morgan fingerprint density at radius 2 is 1.76 bits per heavy atom. The molecule has 5 nitrogen and oxygen atoms in total. The van der Waals surface area contributed by atoms with E-state index in [9.17, 15) is 4.79 Å². The van der Waals surface area contributed by atoms with Gasteiger partial charge in [-0.25, -0.2) is 0 Å². The Bertz CT molecular complexity index is 837. The molecule has 0 unspecified atom stereocenters. The lowest BCUT2D eigenvalue weighted by Gasteiger charge is -2.35. The molecule has 0 bridgehead atoms. The van der Waals surface area contributed by atoms with Crippen LogP contribution in [0, 0.1) is 11.3 Å². The molecule has 29 heavy (non-hydrogen) atoms. The van der Waals surface area contributed by atoms with E-state index in [1.807, 2.05) is 60.7 Å². The molecule has 2 aromatic carbocycles. The number of para-hydroxylation sites is 1. The minimum absolute atomic E-state index is 0.0187.